The number of fused-ring (bicyclic) bond motifs is 4. The van der Waals surface area contributed by atoms with Crippen molar-refractivity contribution in [2.24, 2.45) is 9.98 Å². The van der Waals surface area contributed by atoms with Crippen LogP contribution in [-0.4, -0.2) is 46.1 Å². The topological polar surface area (TPSA) is 32.9 Å². The second-order valence-electron chi connectivity index (χ2n) is 10.8. The van der Waals surface area contributed by atoms with E-state index in [0.29, 0.717) is 0 Å². The molecule has 6 bridgehead atoms. The van der Waals surface area contributed by atoms with Gasteiger partial charge in [-0.2, -0.15) is 0 Å². The minimum atomic E-state index is -1.31. The fraction of sp³-hybridized carbons (Fsp3) is 0.429. The van der Waals surface area contributed by atoms with Gasteiger partial charge in [-0.25, -0.2) is 0 Å². The van der Waals surface area contributed by atoms with Crippen LogP contribution in [0, 0.1) is 0 Å². The molecule has 1 aromatic heterocycles. The zero-order valence-electron chi connectivity index (χ0n) is 25.7. The molecule has 5 heteroatoms. The average molecular weight is 639 g/mol. The number of nitrogens with zero attached hydrogens (tertiary/aromatic N) is 4. The molecule has 0 saturated heterocycles. The maximum atomic E-state index is 5.37. The van der Waals surface area contributed by atoms with E-state index in [1.165, 1.54) is 61.8 Å². The SMILES string of the molecule is CCC1=CC2=NC1=Cc1c(CC)c(CC)c3[n]1[Sn][N](C)C(=CC1=NC(=C3)C(CC)=C1CC)C(CC)=C(CC)C=C2. The fourth-order valence-corrected chi connectivity index (χ4v) is 10.2. The first kappa shape index (κ1) is 28.9. The molecule has 0 amide bonds. The molecule has 0 unspecified atom stereocenters. The molecule has 0 N–H and O–H groups in total. The first-order valence-electron chi connectivity index (χ1n) is 15.4. The van der Waals surface area contributed by atoms with Gasteiger partial charge in [-0.15, -0.1) is 0 Å². The van der Waals surface area contributed by atoms with Gasteiger partial charge in [0.25, 0.3) is 0 Å². The van der Waals surface area contributed by atoms with Crippen LogP contribution in [-0.2, 0) is 12.8 Å². The van der Waals surface area contributed by atoms with E-state index in [1.54, 1.807) is 0 Å². The third-order valence-electron chi connectivity index (χ3n) is 8.70. The molecule has 0 aromatic carbocycles. The first-order chi connectivity index (χ1) is 19.4. The van der Waals surface area contributed by atoms with Crippen molar-refractivity contribution < 1.29 is 0 Å². The summed E-state index contributed by atoms with van der Waals surface area (Å²) in [5.74, 6) is 0. The van der Waals surface area contributed by atoms with Crippen molar-refractivity contribution in [1.29, 1.82) is 0 Å². The zero-order chi connectivity index (χ0) is 28.6. The van der Waals surface area contributed by atoms with E-state index in [-0.39, 0.29) is 0 Å². The second-order valence-corrected chi connectivity index (χ2v) is 14.5. The number of likely N-dealkylation sites (N-methyl/N-ethyl adjacent to an activating group) is 1. The Hall–Kier alpha value is -2.60. The van der Waals surface area contributed by atoms with E-state index in [9.17, 15) is 0 Å². The van der Waals surface area contributed by atoms with Crippen LogP contribution in [0.25, 0.3) is 12.2 Å². The van der Waals surface area contributed by atoms with Gasteiger partial charge in [0.15, 0.2) is 0 Å². The molecule has 4 nitrogen and oxygen atoms in total. The number of aliphatic imine (C=N–C) groups is 2. The maximum absolute atomic E-state index is 5.37. The molecule has 0 atom stereocenters. The Kier molecular flexibility index (Phi) is 8.74. The van der Waals surface area contributed by atoms with Gasteiger partial charge in [-0.05, 0) is 0 Å². The second kappa shape index (κ2) is 12.1. The standard InChI is InChI=1S/C35H44N4.Sn/c1-9-22-16-17-24-18-23(10-2)30(37-24)19-32-26(12-4)28(14-6)34(38-32)21-35-29(15-7)27(13-5)33(39-35)20-31(36-8)25(22)11-3;/h16-21H,9-15H2,1-8H3;/q-2;+2. The Morgan fingerprint density at radius 1 is 0.625 bits per heavy atom. The number of aromatic nitrogens is 1. The molecule has 0 saturated carbocycles. The Morgan fingerprint density at radius 2 is 1.27 bits per heavy atom. The molecule has 2 radical (unpaired) electrons. The van der Waals surface area contributed by atoms with Crippen LogP contribution in [0.3, 0.4) is 0 Å². The van der Waals surface area contributed by atoms with Gasteiger partial charge >= 0.3 is 253 Å². The summed E-state index contributed by atoms with van der Waals surface area (Å²) in [6.07, 6.45) is 21.1. The quantitative estimate of drug-likeness (QED) is 0.275. The summed E-state index contributed by atoms with van der Waals surface area (Å²) in [5.41, 5.74) is 18.6. The van der Waals surface area contributed by atoms with Gasteiger partial charge < -0.3 is 0 Å². The van der Waals surface area contributed by atoms with Crippen molar-refractivity contribution in [2.75, 3.05) is 7.05 Å². The number of allylic oxidation sites excluding steroid dienone is 9. The molecule has 0 fully saturated rings. The monoisotopic (exact) mass is 640 g/mol. The van der Waals surface area contributed by atoms with Crippen LogP contribution in [0.4, 0.5) is 0 Å². The molecule has 40 heavy (non-hydrogen) atoms. The van der Waals surface area contributed by atoms with Crippen molar-refractivity contribution >= 4 is 45.3 Å². The molecule has 5 rings (SSSR count). The molecule has 0 spiro atoms. The average Bonchev–Trinajstić information content (AvgIpc) is 3.60. The Balaban J connectivity index is 1.96. The van der Waals surface area contributed by atoms with Crippen molar-refractivity contribution in [1.82, 2.24) is 5.91 Å². The fourth-order valence-electron chi connectivity index (χ4n) is 6.67. The number of hydrogen-bond acceptors (Lipinski definition) is 3. The van der Waals surface area contributed by atoms with Gasteiger partial charge in [0, 0.05) is 0 Å². The first-order valence-corrected chi connectivity index (χ1v) is 17.9. The summed E-state index contributed by atoms with van der Waals surface area (Å²) in [6, 6.07) is 0. The van der Waals surface area contributed by atoms with E-state index in [4.69, 9.17) is 9.98 Å². The van der Waals surface area contributed by atoms with E-state index >= 15 is 0 Å². The van der Waals surface area contributed by atoms with Crippen LogP contribution in [0.2, 0.25) is 0 Å². The predicted molar refractivity (Wildman–Crippen MR) is 174 cm³/mol. The molecule has 4 aliphatic rings. The molecular weight excluding hydrogens is 595 g/mol. The summed E-state index contributed by atoms with van der Waals surface area (Å²) in [7, 11) is 2.34. The molecule has 0 aliphatic carbocycles. The molecule has 208 valence electrons. The van der Waals surface area contributed by atoms with Crippen molar-refractivity contribution in [3.63, 3.8) is 0 Å². The van der Waals surface area contributed by atoms with Crippen molar-refractivity contribution in [3.8, 4) is 0 Å². The van der Waals surface area contributed by atoms with E-state index < -0.39 is 21.7 Å². The summed E-state index contributed by atoms with van der Waals surface area (Å²) in [4.78, 5) is 10.5. The van der Waals surface area contributed by atoms with Crippen LogP contribution in [0.5, 0.6) is 0 Å². The van der Waals surface area contributed by atoms with Crippen molar-refractivity contribution in [3.05, 3.63) is 91.8 Å². The van der Waals surface area contributed by atoms with Gasteiger partial charge in [0.1, 0.15) is 0 Å². The van der Waals surface area contributed by atoms with Crippen LogP contribution in [0.15, 0.2) is 79.2 Å². The van der Waals surface area contributed by atoms with Crippen LogP contribution >= 0.6 is 0 Å². The summed E-state index contributed by atoms with van der Waals surface area (Å²) >= 11 is -1.31. The number of hydrogen-bond donors (Lipinski definition) is 0. The Morgan fingerprint density at radius 3 is 1.85 bits per heavy atom. The Bertz CT molecular complexity index is 1510. The third kappa shape index (κ3) is 4.91. The summed E-state index contributed by atoms with van der Waals surface area (Å²) in [6.45, 7) is 16.0. The van der Waals surface area contributed by atoms with Crippen LogP contribution < -0.4 is 0 Å². The molecule has 1 aromatic rings. The van der Waals surface area contributed by atoms with E-state index in [2.05, 4.69) is 97.9 Å². The summed E-state index contributed by atoms with van der Waals surface area (Å²) in [5, 5.41) is 0. The van der Waals surface area contributed by atoms with Crippen LogP contribution in [0.1, 0.15) is 103 Å². The summed E-state index contributed by atoms with van der Waals surface area (Å²) < 4.78 is 5.35. The molecular formula is C35H44N4Sn. The van der Waals surface area contributed by atoms with E-state index in [0.717, 1.165) is 62.1 Å². The van der Waals surface area contributed by atoms with E-state index in [1.807, 2.05) is 0 Å². The zero-order valence-corrected chi connectivity index (χ0v) is 28.6. The van der Waals surface area contributed by atoms with Crippen molar-refractivity contribution in [2.45, 2.75) is 93.4 Å². The molecule has 5 heterocycles. The normalized spacial score (nSPS) is 18.6. The van der Waals surface area contributed by atoms with Gasteiger partial charge in [-0.1, -0.05) is 0 Å². The minimum absolute atomic E-state index is 0.984. The Labute approximate surface area is 252 Å². The van der Waals surface area contributed by atoms with Gasteiger partial charge in [0.2, 0.25) is 0 Å². The van der Waals surface area contributed by atoms with Gasteiger partial charge in [-0.3, -0.25) is 0 Å². The predicted octanol–water partition coefficient (Wildman–Crippen LogP) is 8.55. The number of rotatable bonds is 7. The van der Waals surface area contributed by atoms with Gasteiger partial charge in [0.05, 0.1) is 0 Å². The third-order valence-corrected chi connectivity index (χ3v) is 12.2. The molecule has 4 aliphatic heterocycles.